The van der Waals surface area contributed by atoms with E-state index in [4.69, 9.17) is 0 Å². The molecule has 100 valence electrons. The van der Waals surface area contributed by atoms with Gasteiger partial charge in [0.15, 0.2) is 0 Å². The lowest BCUT2D eigenvalue weighted by molar-refractivity contribution is -0.274. The van der Waals surface area contributed by atoms with E-state index < -0.39 is 6.36 Å². The smallest absolute Gasteiger partial charge is 0.405 e. The maximum Gasteiger partial charge on any atom is 0.573 e. The van der Waals surface area contributed by atoms with Crippen LogP contribution in [-0.2, 0) is 0 Å². The number of carbonyl (C=O) groups is 1. The van der Waals surface area contributed by atoms with Gasteiger partial charge in [0.05, 0.1) is 4.47 Å². The van der Waals surface area contributed by atoms with E-state index in [0.29, 0.717) is 5.69 Å². The van der Waals surface area contributed by atoms with Crippen molar-refractivity contribution >= 4 is 27.6 Å². The van der Waals surface area contributed by atoms with E-state index in [1.165, 1.54) is 17.0 Å². The second-order valence-corrected chi connectivity index (χ2v) is 4.37. The third kappa shape index (κ3) is 4.44. The van der Waals surface area contributed by atoms with Crippen molar-refractivity contribution in [1.29, 1.82) is 0 Å². The lowest BCUT2D eigenvalue weighted by atomic mass is 10.3. The third-order valence-corrected chi connectivity index (χ3v) is 2.43. The van der Waals surface area contributed by atoms with Crippen molar-refractivity contribution < 1.29 is 22.7 Å². The number of rotatable bonds is 2. The minimum absolute atomic E-state index is 0.0939. The Morgan fingerprint density at radius 1 is 1.39 bits per heavy atom. The monoisotopic (exact) mass is 326 g/mol. The second kappa shape index (κ2) is 5.47. The second-order valence-electron chi connectivity index (χ2n) is 3.52. The van der Waals surface area contributed by atoms with E-state index in [0.717, 1.165) is 6.07 Å². The van der Waals surface area contributed by atoms with Gasteiger partial charge in [0.25, 0.3) is 0 Å². The number of anilines is 1. The van der Waals surface area contributed by atoms with Crippen molar-refractivity contribution in [3.63, 3.8) is 0 Å². The van der Waals surface area contributed by atoms with Crippen LogP contribution in [0.15, 0.2) is 22.7 Å². The zero-order chi connectivity index (χ0) is 13.9. The molecule has 0 aliphatic heterocycles. The lowest BCUT2D eigenvalue weighted by Gasteiger charge is -2.14. The largest absolute Gasteiger partial charge is 0.573 e. The van der Waals surface area contributed by atoms with Crippen molar-refractivity contribution in [1.82, 2.24) is 4.90 Å². The van der Waals surface area contributed by atoms with Gasteiger partial charge in [0, 0.05) is 19.8 Å². The normalized spacial score (nSPS) is 11.0. The summed E-state index contributed by atoms with van der Waals surface area (Å²) in [7, 11) is 3.09. The number of hydrogen-bond donors (Lipinski definition) is 1. The van der Waals surface area contributed by atoms with Crippen molar-refractivity contribution in [2.45, 2.75) is 6.36 Å². The van der Waals surface area contributed by atoms with Crippen molar-refractivity contribution in [3.8, 4) is 5.75 Å². The Hall–Kier alpha value is -1.44. The van der Waals surface area contributed by atoms with Crippen LogP contribution in [0.25, 0.3) is 0 Å². The van der Waals surface area contributed by atoms with Gasteiger partial charge in [0.2, 0.25) is 0 Å². The van der Waals surface area contributed by atoms with Gasteiger partial charge in [-0.3, -0.25) is 0 Å². The van der Waals surface area contributed by atoms with Gasteiger partial charge in [-0.25, -0.2) is 4.79 Å². The van der Waals surface area contributed by atoms with E-state index in [2.05, 4.69) is 26.0 Å². The zero-order valence-corrected chi connectivity index (χ0v) is 11.1. The number of ether oxygens (including phenoxy) is 1. The summed E-state index contributed by atoms with van der Waals surface area (Å²) in [6.07, 6.45) is -4.75. The number of hydrogen-bond acceptors (Lipinski definition) is 2. The van der Waals surface area contributed by atoms with Gasteiger partial charge >= 0.3 is 12.4 Å². The zero-order valence-electron chi connectivity index (χ0n) is 9.51. The van der Waals surface area contributed by atoms with Crippen molar-refractivity contribution in [3.05, 3.63) is 22.7 Å². The molecule has 0 aromatic heterocycles. The number of alkyl halides is 3. The predicted molar refractivity (Wildman–Crippen MR) is 63.5 cm³/mol. The fourth-order valence-electron chi connectivity index (χ4n) is 1.02. The molecule has 8 heteroatoms. The highest BCUT2D eigenvalue weighted by atomic mass is 79.9. The molecule has 1 aromatic rings. The van der Waals surface area contributed by atoms with Crippen molar-refractivity contribution in [2.75, 3.05) is 19.4 Å². The SMILES string of the molecule is CN(C)C(=O)Nc1ccc(OC(F)(F)F)c(Br)c1. The summed E-state index contributed by atoms with van der Waals surface area (Å²) in [4.78, 5) is 12.6. The number of nitrogens with zero attached hydrogens (tertiary/aromatic N) is 1. The molecule has 0 radical (unpaired) electrons. The Labute approximate surface area is 110 Å². The molecule has 2 amide bonds. The van der Waals surface area contributed by atoms with E-state index in [9.17, 15) is 18.0 Å². The van der Waals surface area contributed by atoms with Crippen LogP contribution in [0.5, 0.6) is 5.75 Å². The van der Waals surface area contributed by atoms with E-state index in [1.54, 1.807) is 14.1 Å². The predicted octanol–water partition coefficient (Wildman–Crippen LogP) is 3.44. The standard InChI is InChI=1S/C10H10BrF3N2O2/c1-16(2)9(17)15-6-3-4-8(7(11)5-6)18-10(12,13)14/h3-5H,1-2H3,(H,15,17). The summed E-state index contributed by atoms with van der Waals surface area (Å²) in [5.41, 5.74) is 0.357. The summed E-state index contributed by atoms with van der Waals surface area (Å²) >= 11 is 2.94. The van der Waals surface area contributed by atoms with Gasteiger partial charge in [-0.2, -0.15) is 0 Å². The molecule has 0 saturated carbocycles. The first kappa shape index (κ1) is 14.6. The van der Waals surface area contributed by atoms with Crippen LogP contribution in [-0.4, -0.2) is 31.4 Å². The molecule has 1 rings (SSSR count). The van der Waals surface area contributed by atoms with Crippen molar-refractivity contribution in [2.24, 2.45) is 0 Å². The van der Waals surface area contributed by atoms with E-state index in [1.807, 2.05) is 0 Å². The first-order valence-electron chi connectivity index (χ1n) is 4.72. The van der Waals surface area contributed by atoms with Gasteiger partial charge in [0.1, 0.15) is 5.75 Å². The maximum atomic E-state index is 12.0. The minimum atomic E-state index is -4.75. The molecule has 0 saturated heterocycles. The Bertz CT molecular complexity index is 449. The highest BCUT2D eigenvalue weighted by Crippen LogP contribution is 2.32. The summed E-state index contributed by atoms with van der Waals surface area (Å²) < 4.78 is 39.9. The van der Waals surface area contributed by atoms with Gasteiger partial charge in [-0.15, -0.1) is 13.2 Å². The Morgan fingerprint density at radius 3 is 2.44 bits per heavy atom. The molecule has 0 unspecified atom stereocenters. The number of benzene rings is 1. The fourth-order valence-corrected chi connectivity index (χ4v) is 1.48. The quantitative estimate of drug-likeness (QED) is 0.904. The molecule has 0 atom stereocenters. The Morgan fingerprint density at radius 2 is 2.00 bits per heavy atom. The average molecular weight is 327 g/mol. The lowest BCUT2D eigenvalue weighted by Crippen LogP contribution is -2.27. The van der Waals surface area contributed by atoms with Crippen LogP contribution in [0, 0.1) is 0 Å². The van der Waals surface area contributed by atoms with Crippen LogP contribution >= 0.6 is 15.9 Å². The van der Waals surface area contributed by atoms with E-state index in [-0.39, 0.29) is 16.3 Å². The number of urea groups is 1. The molecule has 1 N–H and O–H groups in total. The summed E-state index contributed by atoms with van der Waals surface area (Å²) in [6.45, 7) is 0. The summed E-state index contributed by atoms with van der Waals surface area (Å²) in [5, 5.41) is 2.49. The van der Waals surface area contributed by atoms with Crippen LogP contribution in [0.4, 0.5) is 23.7 Å². The maximum absolute atomic E-state index is 12.0. The molecule has 18 heavy (non-hydrogen) atoms. The molecule has 1 aromatic carbocycles. The molecule has 0 fully saturated rings. The highest BCUT2D eigenvalue weighted by molar-refractivity contribution is 9.10. The van der Waals surface area contributed by atoms with E-state index >= 15 is 0 Å². The van der Waals surface area contributed by atoms with Crippen LogP contribution in [0.1, 0.15) is 0 Å². The number of halogens is 4. The summed E-state index contributed by atoms with van der Waals surface area (Å²) in [5.74, 6) is -0.370. The number of nitrogens with one attached hydrogen (secondary N) is 1. The molecule has 4 nitrogen and oxygen atoms in total. The molecule has 0 heterocycles. The van der Waals surface area contributed by atoms with Crippen LogP contribution < -0.4 is 10.1 Å². The van der Waals surface area contributed by atoms with Crippen LogP contribution in [0.3, 0.4) is 0 Å². The molecule has 0 bridgehead atoms. The molecule has 0 aliphatic rings. The molecular weight excluding hydrogens is 317 g/mol. The Kier molecular flexibility index (Phi) is 4.44. The van der Waals surface area contributed by atoms with Gasteiger partial charge < -0.3 is 15.0 Å². The number of amides is 2. The molecule has 0 spiro atoms. The third-order valence-electron chi connectivity index (χ3n) is 1.82. The molecule has 0 aliphatic carbocycles. The van der Waals surface area contributed by atoms with Crippen LogP contribution in [0.2, 0.25) is 0 Å². The first-order chi connectivity index (χ1) is 8.19. The minimum Gasteiger partial charge on any atom is -0.405 e. The van der Waals surface area contributed by atoms with Gasteiger partial charge in [-0.1, -0.05) is 0 Å². The average Bonchev–Trinajstić information content (AvgIpc) is 2.20. The first-order valence-corrected chi connectivity index (χ1v) is 5.52. The molecular formula is C10H10BrF3N2O2. The fraction of sp³-hybridized carbons (Fsp3) is 0.300. The van der Waals surface area contributed by atoms with Gasteiger partial charge in [-0.05, 0) is 34.1 Å². The summed E-state index contributed by atoms with van der Waals surface area (Å²) in [6, 6.07) is 3.37. The topological polar surface area (TPSA) is 41.6 Å². The highest BCUT2D eigenvalue weighted by Gasteiger charge is 2.31. The number of carbonyl (C=O) groups excluding carboxylic acids is 1. The Balaban J connectivity index is 2.83.